The van der Waals surface area contributed by atoms with Crippen molar-refractivity contribution >= 4 is 34.8 Å². The molecule has 0 atom stereocenters. The molecule has 0 saturated carbocycles. The van der Waals surface area contributed by atoms with E-state index in [-0.39, 0.29) is 6.61 Å². The minimum atomic E-state index is 0.234. The molecule has 0 spiro atoms. The van der Waals surface area contributed by atoms with E-state index < -0.39 is 0 Å². The van der Waals surface area contributed by atoms with E-state index in [2.05, 4.69) is 0 Å². The summed E-state index contributed by atoms with van der Waals surface area (Å²) in [5.74, 6) is 0.980. The summed E-state index contributed by atoms with van der Waals surface area (Å²) in [6.45, 7) is 0.605. The molecule has 0 aliphatic heterocycles. The lowest BCUT2D eigenvalue weighted by Gasteiger charge is -2.14. The van der Waals surface area contributed by atoms with Crippen LogP contribution in [-0.2, 0) is 13.2 Å². The third-order valence-corrected chi connectivity index (χ3v) is 4.07. The summed E-state index contributed by atoms with van der Waals surface area (Å²) in [5, 5.41) is 1.38. The highest BCUT2D eigenvalue weighted by molar-refractivity contribution is 6.42. The van der Waals surface area contributed by atoms with Gasteiger partial charge in [0.05, 0.1) is 22.2 Å². The second kappa shape index (κ2) is 7.23. The minimum Gasteiger partial charge on any atom is -0.493 e. The van der Waals surface area contributed by atoms with Crippen molar-refractivity contribution in [2.45, 2.75) is 13.2 Å². The van der Waals surface area contributed by atoms with Crippen molar-refractivity contribution in [2.75, 3.05) is 7.11 Å². The van der Waals surface area contributed by atoms with Gasteiger partial charge in [-0.2, -0.15) is 0 Å². The van der Waals surface area contributed by atoms with Crippen LogP contribution in [0.4, 0.5) is 0 Å². The Morgan fingerprint density at radius 2 is 1.86 bits per heavy atom. The molecule has 2 aromatic carbocycles. The smallest absolute Gasteiger partial charge is 0.180 e. The van der Waals surface area contributed by atoms with E-state index in [0.717, 1.165) is 11.1 Å². The van der Waals surface area contributed by atoms with Gasteiger partial charge in [0.25, 0.3) is 0 Å². The first kappa shape index (κ1) is 16.2. The largest absolute Gasteiger partial charge is 0.493 e. The monoisotopic (exact) mass is 345 g/mol. The number of benzene rings is 2. The Labute approximate surface area is 138 Å². The second-order valence-electron chi connectivity index (χ2n) is 4.31. The van der Waals surface area contributed by atoms with Crippen LogP contribution in [0, 0.1) is 0 Å². The summed E-state index contributed by atoms with van der Waals surface area (Å²) in [5.41, 5.74) is 7.24. The van der Waals surface area contributed by atoms with Crippen LogP contribution in [0.2, 0.25) is 15.1 Å². The number of ether oxygens (including phenoxy) is 2. The van der Waals surface area contributed by atoms with Crippen molar-refractivity contribution in [1.29, 1.82) is 0 Å². The lowest BCUT2D eigenvalue weighted by molar-refractivity contribution is 0.284. The maximum Gasteiger partial charge on any atom is 0.180 e. The predicted octanol–water partition coefficient (Wildman–Crippen LogP) is 4.69. The third-order valence-electron chi connectivity index (χ3n) is 2.93. The van der Waals surface area contributed by atoms with Crippen molar-refractivity contribution in [3.63, 3.8) is 0 Å². The van der Waals surface area contributed by atoms with E-state index in [9.17, 15) is 0 Å². The fourth-order valence-electron chi connectivity index (χ4n) is 1.84. The fourth-order valence-corrected chi connectivity index (χ4v) is 2.50. The molecule has 112 valence electrons. The van der Waals surface area contributed by atoms with Gasteiger partial charge in [0.1, 0.15) is 6.61 Å². The number of nitrogens with two attached hydrogens (primary N) is 1. The Bertz CT molecular complexity index is 647. The average Bonchev–Trinajstić information content (AvgIpc) is 2.49. The van der Waals surface area contributed by atoms with Crippen LogP contribution in [0.15, 0.2) is 30.3 Å². The minimum absolute atomic E-state index is 0.234. The molecule has 0 heterocycles. The Morgan fingerprint density at radius 1 is 1.10 bits per heavy atom. The standard InChI is InChI=1S/C15H14Cl3NO2/c1-20-13-6-9(7-19)5-12(17)15(13)21-8-10-3-2-4-11(16)14(10)18/h2-6H,7-8,19H2,1H3. The molecule has 0 unspecified atom stereocenters. The molecule has 0 aliphatic carbocycles. The lowest BCUT2D eigenvalue weighted by Crippen LogP contribution is -2.02. The zero-order valence-corrected chi connectivity index (χ0v) is 13.6. The zero-order valence-electron chi connectivity index (χ0n) is 11.3. The van der Waals surface area contributed by atoms with Crippen LogP contribution < -0.4 is 15.2 Å². The van der Waals surface area contributed by atoms with Crippen LogP contribution in [0.3, 0.4) is 0 Å². The molecule has 0 saturated heterocycles. The number of rotatable bonds is 5. The highest BCUT2D eigenvalue weighted by atomic mass is 35.5. The van der Waals surface area contributed by atoms with Crippen molar-refractivity contribution in [1.82, 2.24) is 0 Å². The normalized spacial score (nSPS) is 10.5. The van der Waals surface area contributed by atoms with Gasteiger partial charge in [0.2, 0.25) is 0 Å². The molecule has 0 bridgehead atoms. The fraction of sp³-hybridized carbons (Fsp3) is 0.200. The highest BCUT2D eigenvalue weighted by Gasteiger charge is 2.13. The van der Waals surface area contributed by atoms with Crippen molar-refractivity contribution in [3.8, 4) is 11.5 Å². The first-order valence-corrected chi connectivity index (χ1v) is 7.32. The van der Waals surface area contributed by atoms with Gasteiger partial charge >= 0.3 is 0 Å². The molecule has 0 aliphatic rings. The van der Waals surface area contributed by atoms with Crippen LogP contribution in [0.1, 0.15) is 11.1 Å². The molecule has 6 heteroatoms. The first-order valence-electron chi connectivity index (χ1n) is 6.19. The molecule has 0 amide bonds. The average molecular weight is 347 g/mol. The molecule has 0 fully saturated rings. The van der Waals surface area contributed by atoms with Gasteiger partial charge in [0.15, 0.2) is 11.5 Å². The molecule has 2 N–H and O–H groups in total. The van der Waals surface area contributed by atoms with Crippen molar-refractivity contribution < 1.29 is 9.47 Å². The summed E-state index contributed by atoms with van der Waals surface area (Å²) >= 11 is 18.3. The van der Waals surface area contributed by atoms with Gasteiger partial charge < -0.3 is 15.2 Å². The van der Waals surface area contributed by atoms with Crippen LogP contribution in [0.5, 0.6) is 11.5 Å². The Hall–Kier alpha value is -1.13. The Kier molecular flexibility index (Phi) is 5.59. The molecular weight excluding hydrogens is 333 g/mol. The van der Waals surface area contributed by atoms with E-state index in [4.69, 9.17) is 50.0 Å². The summed E-state index contributed by atoms with van der Waals surface area (Å²) in [4.78, 5) is 0. The maximum absolute atomic E-state index is 6.21. The molecule has 0 radical (unpaired) electrons. The summed E-state index contributed by atoms with van der Waals surface area (Å²) in [6, 6.07) is 8.91. The highest BCUT2D eigenvalue weighted by Crippen LogP contribution is 2.37. The van der Waals surface area contributed by atoms with E-state index in [1.807, 2.05) is 12.1 Å². The Morgan fingerprint density at radius 3 is 2.52 bits per heavy atom. The molecular formula is C15H14Cl3NO2. The van der Waals surface area contributed by atoms with Gasteiger partial charge in [-0.3, -0.25) is 0 Å². The summed E-state index contributed by atoms with van der Waals surface area (Å²) in [7, 11) is 1.55. The van der Waals surface area contributed by atoms with E-state index >= 15 is 0 Å². The summed E-state index contributed by atoms with van der Waals surface area (Å²) < 4.78 is 11.0. The number of hydrogen-bond acceptors (Lipinski definition) is 3. The van der Waals surface area contributed by atoms with Crippen LogP contribution >= 0.6 is 34.8 Å². The SMILES string of the molecule is COc1cc(CN)cc(Cl)c1OCc1cccc(Cl)c1Cl. The van der Waals surface area contributed by atoms with Gasteiger partial charge in [-0.05, 0) is 23.8 Å². The van der Waals surface area contributed by atoms with Gasteiger partial charge in [0, 0.05) is 12.1 Å². The van der Waals surface area contributed by atoms with Gasteiger partial charge in [-0.1, -0.05) is 46.9 Å². The topological polar surface area (TPSA) is 44.5 Å². The van der Waals surface area contributed by atoms with E-state index in [1.54, 1.807) is 25.3 Å². The lowest BCUT2D eigenvalue weighted by atomic mass is 10.2. The zero-order chi connectivity index (χ0) is 15.4. The molecule has 2 aromatic rings. The molecule has 0 aromatic heterocycles. The third kappa shape index (κ3) is 3.74. The van der Waals surface area contributed by atoms with E-state index in [1.165, 1.54) is 0 Å². The summed E-state index contributed by atoms with van der Waals surface area (Å²) in [6.07, 6.45) is 0. The van der Waals surface area contributed by atoms with Gasteiger partial charge in [-0.25, -0.2) is 0 Å². The van der Waals surface area contributed by atoms with Crippen LogP contribution in [-0.4, -0.2) is 7.11 Å². The number of halogens is 3. The number of hydrogen-bond donors (Lipinski definition) is 1. The van der Waals surface area contributed by atoms with Crippen molar-refractivity contribution in [3.05, 3.63) is 56.5 Å². The second-order valence-corrected chi connectivity index (χ2v) is 5.51. The molecule has 2 rings (SSSR count). The molecule has 3 nitrogen and oxygen atoms in total. The van der Waals surface area contributed by atoms with Crippen molar-refractivity contribution in [2.24, 2.45) is 5.73 Å². The Balaban J connectivity index is 2.25. The first-order chi connectivity index (χ1) is 10.1. The van der Waals surface area contributed by atoms with Gasteiger partial charge in [-0.15, -0.1) is 0 Å². The predicted molar refractivity (Wildman–Crippen MR) is 86.7 cm³/mol. The number of methoxy groups -OCH3 is 1. The quantitative estimate of drug-likeness (QED) is 0.854. The molecule has 21 heavy (non-hydrogen) atoms. The van der Waals surface area contributed by atoms with Crippen LogP contribution in [0.25, 0.3) is 0 Å². The van der Waals surface area contributed by atoms with E-state index in [0.29, 0.717) is 33.1 Å². The maximum atomic E-state index is 6.21.